The maximum Gasteiger partial charge on any atom is 0.231 e. The van der Waals surface area contributed by atoms with E-state index in [9.17, 15) is 9.59 Å². The van der Waals surface area contributed by atoms with Gasteiger partial charge in [-0.2, -0.15) is 0 Å². The number of nitrogens with one attached hydrogen (secondary N) is 1. The van der Waals surface area contributed by atoms with Gasteiger partial charge >= 0.3 is 0 Å². The number of aryl methyl sites for hydroxylation is 2. The third kappa shape index (κ3) is 1.68. The summed E-state index contributed by atoms with van der Waals surface area (Å²) in [5.41, 5.74) is 1.83. The molecule has 0 aliphatic heterocycles. The summed E-state index contributed by atoms with van der Waals surface area (Å²) in [4.78, 5) is 25.6. The fourth-order valence-electron chi connectivity index (χ4n) is 4.47. The van der Waals surface area contributed by atoms with Crippen molar-refractivity contribution >= 4 is 17.4 Å². The van der Waals surface area contributed by atoms with Crippen LogP contribution in [0.25, 0.3) is 0 Å². The van der Waals surface area contributed by atoms with E-state index in [1.807, 2.05) is 39.0 Å². The lowest BCUT2D eigenvalue weighted by atomic mass is 9.64. The first-order chi connectivity index (χ1) is 10.1. The minimum absolute atomic E-state index is 0.0146. The van der Waals surface area contributed by atoms with Crippen LogP contribution < -0.4 is 5.32 Å². The van der Waals surface area contributed by atoms with E-state index < -0.39 is 5.41 Å². The summed E-state index contributed by atoms with van der Waals surface area (Å²) in [6.45, 7) is 10.2. The van der Waals surface area contributed by atoms with E-state index in [2.05, 4.69) is 19.2 Å². The largest absolute Gasteiger partial charge is 0.325 e. The second-order valence-corrected chi connectivity index (χ2v) is 7.91. The zero-order valence-corrected chi connectivity index (χ0v) is 14.2. The molecular weight excluding hydrogens is 274 g/mol. The summed E-state index contributed by atoms with van der Waals surface area (Å²) in [5.74, 6) is 0.264. The predicted molar refractivity (Wildman–Crippen MR) is 87.7 cm³/mol. The first-order valence-electron chi connectivity index (χ1n) is 8.06. The van der Waals surface area contributed by atoms with Crippen molar-refractivity contribution in [1.82, 2.24) is 0 Å². The van der Waals surface area contributed by atoms with E-state index >= 15 is 0 Å². The molecule has 22 heavy (non-hydrogen) atoms. The van der Waals surface area contributed by atoms with Crippen molar-refractivity contribution in [2.75, 3.05) is 5.32 Å². The van der Waals surface area contributed by atoms with Gasteiger partial charge in [0, 0.05) is 17.5 Å². The Kier molecular flexibility index (Phi) is 3.08. The van der Waals surface area contributed by atoms with E-state index in [1.165, 1.54) is 0 Å². The first kappa shape index (κ1) is 15.3. The van der Waals surface area contributed by atoms with Gasteiger partial charge in [-0.25, -0.2) is 0 Å². The van der Waals surface area contributed by atoms with Crippen molar-refractivity contribution in [2.45, 2.75) is 53.9 Å². The maximum absolute atomic E-state index is 13.1. The SMILES string of the molecule is Cc1ccc(C)c(NC(=O)[C@@]23CC[C@](C)(C(=O)C2)C3(C)C)c1. The third-order valence-corrected chi connectivity index (χ3v) is 6.78. The molecule has 2 aliphatic rings. The van der Waals surface area contributed by atoms with Crippen molar-refractivity contribution in [1.29, 1.82) is 0 Å². The van der Waals surface area contributed by atoms with Crippen LogP contribution in [0.1, 0.15) is 51.2 Å². The zero-order chi connectivity index (χ0) is 16.3. The Labute approximate surface area is 132 Å². The van der Waals surface area contributed by atoms with Gasteiger partial charge in [0.1, 0.15) is 5.78 Å². The third-order valence-electron chi connectivity index (χ3n) is 6.78. The number of fused-ring (bicyclic) bond motifs is 2. The highest BCUT2D eigenvalue weighted by Gasteiger charge is 2.72. The van der Waals surface area contributed by atoms with Crippen LogP contribution in [0.5, 0.6) is 0 Å². The van der Waals surface area contributed by atoms with Gasteiger partial charge in [0.25, 0.3) is 0 Å². The van der Waals surface area contributed by atoms with Crippen LogP contribution in [0, 0.1) is 30.1 Å². The van der Waals surface area contributed by atoms with Crippen molar-refractivity contribution in [2.24, 2.45) is 16.2 Å². The van der Waals surface area contributed by atoms with E-state index in [-0.39, 0.29) is 22.5 Å². The Bertz CT molecular complexity index is 676. The molecule has 3 nitrogen and oxygen atoms in total. The second kappa shape index (κ2) is 4.43. The smallest absolute Gasteiger partial charge is 0.231 e. The molecule has 2 aliphatic carbocycles. The van der Waals surface area contributed by atoms with Crippen LogP contribution >= 0.6 is 0 Å². The predicted octanol–water partition coefficient (Wildman–Crippen LogP) is 4.03. The molecule has 0 heterocycles. The lowest BCUT2D eigenvalue weighted by molar-refractivity contribution is -0.131. The van der Waals surface area contributed by atoms with Crippen molar-refractivity contribution in [3.05, 3.63) is 29.3 Å². The Morgan fingerprint density at radius 2 is 1.82 bits per heavy atom. The Balaban J connectivity index is 1.96. The molecule has 0 saturated heterocycles. The number of Topliss-reactive ketones (excluding diaryl/α,β-unsaturated/α-hetero) is 1. The molecule has 3 rings (SSSR count). The second-order valence-electron chi connectivity index (χ2n) is 7.91. The molecule has 2 bridgehead atoms. The van der Waals surface area contributed by atoms with Crippen LogP contribution in [-0.4, -0.2) is 11.7 Å². The number of hydrogen-bond acceptors (Lipinski definition) is 2. The molecular formula is C19H25NO2. The number of carbonyl (C=O) groups is 2. The minimum atomic E-state index is -0.560. The number of rotatable bonds is 2. The highest BCUT2D eigenvalue weighted by molar-refractivity contribution is 6.04. The molecule has 2 saturated carbocycles. The van der Waals surface area contributed by atoms with Gasteiger partial charge in [-0.15, -0.1) is 0 Å². The molecule has 1 aromatic rings. The number of benzene rings is 1. The molecule has 0 radical (unpaired) electrons. The molecule has 1 N–H and O–H groups in total. The van der Waals surface area contributed by atoms with Crippen LogP contribution in [0.3, 0.4) is 0 Å². The fourth-order valence-corrected chi connectivity index (χ4v) is 4.47. The highest BCUT2D eigenvalue weighted by atomic mass is 16.2. The standard InChI is InChI=1S/C19H25NO2/c1-12-6-7-13(2)14(10-12)20-16(22)19-9-8-18(5,15(21)11-19)17(19,3)4/h6-7,10H,8-9,11H2,1-5H3,(H,20,22)/t18-,19-/m1/s1. The molecule has 0 spiro atoms. The van der Waals surface area contributed by atoms with Gasteiger partial charge in [0.05, 0.1) is 5.41 Å². The van der Waals surface area contributed by atoms with E-state index in [0.29, 0.717) is 6.42 Å². The number of anilines is 1. The van der Waals surface area contributed by atoms with Gasteiger partial charge in [-0.3, -0.25) is 9.59 Å². The maximum atomic E-state index is 13.1. The van der Waals surface area contributed by atoms with Crippen LogP contribution in [0.15, 0.2) is 18.2 Å². The quantitative estimate of drug-likeness (QED) is 0.896. The molecule has 118 valence electrons. The molecule has 2 fully saturated rings. The lowest BCUT2D eigenvalue weighted by Crippen LogP contribution is -2.43. The normalized spacial score (nSPS) is 32.3. The van der Waals surface area contributed by atoms with Crippen LogP contribution in [0.4, 0.5) is 5.69 Å². The summed E-state index contributed by atoms with van der Waals surface area (Å²) in [5, 5.41) is 3.11. The Morgan fingerprint density at radius 1 is 1.14 bits per heavy atom. The monoisotopic (exact) mass is 299 g/mol. The van der Waals surface area contributed by atoms with Crippen molar-refractivity contribution in [3.8, 4) is 0 Å². The van der Waals surface area contributed by atoms with Gasteiger partial charge < -0.3 is 5.32 Å². The van der Waals surface area contributed by atoms with Gasteiger partial charge in [0.2, 0.25) is 5.91 Å². The van der Waals surface area contributed by atoms with Gasteiger partial charge in [0.15, 0.2) is 0 Å². The minimum Gasteiger partial charge on any atom is -0.325 e. The highest BCUT2D eigenvalue weighted by Crippen LogP contribution is 2.70. The first-order valence-corrected chi connectivity index (χ1v) is 8.06. The van der Waals surface area contributed by atoms with E-state index in [0.717, 1.165) is 29.7 Å². The number of carbonyl (C=O) groups excluding carboxylic acids is 2. The average Bonchev–Trinajstić information content (AvgIpc) is 2.73. The van der Waals surface area contributed by atoms with E-state index in [1.54, 1.807) is 0 Å². The lowest BCUT2D eigenvalue weighted by Gasteiger charge is -2.38. The molecule has 0 unspecified atom stereocenters. The number of hydrogen-bond donors (Lipinski definition) is 1. The average molecular weight is 299 g/mol. The summed E-state index contributed by atoms with van der Waals surface area (Å²) in [6, 6.07) is 6.06. The zero-order valence-electron chi connectivity index (χ0n) is 14.2. The van der Waals surface area contributed by atoms with Crippen molar-refractivity contribution < 1.29 is 9.59 Å². The van der Waals surface area contributed by atoms with Crippen LogP contribution in [-0.2, 0) is 9.59 Å². The molecule has 0 aromatic heterocycles. The number of ketones is 1. The fraction of sp³-hybridized carbons (Fsp3) is 0.579. The molecule has 3 heteroatoms. The van der Waals surface area contributed by atoms with E-state index in [4.69, 9.17) is 0 Å². The summed E-state index contributed by atoms with van der Waals surface area (Å²) >= 11 is 0. The van der Waals surface area contributed by atoms with Crippen LogP contribution in [0.2, 0.25) is 0 Å². The molecule has 2 atom stereocenters. The molecule has 1 aromatic carbocycles. The number of amides is 1. The summed E-state index contributed by atoms with van der Waals surface area (Å²) in [6.07, 6.45) is 2.01. The topological polar surface area (TPSA) is 46.2 Å². The Hall–Kier alpha value is -1.64. The summed E-state index contributed by atoms with van der Waals surface area (Å²) in [7, 11) is 0. The van der Waals surface area contributed by atoms with Crippen molar-refractivity contribution in [3.63, 3.8) is 0 Å². The molecule has 1 amide bonds. The van der Waals surface area contributed by atoms with Gasteiger partial charge in [-0.1, -0.05) is 32.9 Å². The summed E-state index contributed by atoms with van der Waals surface area (Å²) < 4.78 is 0. The van der Waals surface area contributed by atoms with Gasteiger partial charge in [-0.05, 0) is 49.3 Å². The Morgan fingerprint density at radius 3 is 2.36 bits per heavy atom.